The quantitative estimate of drug-likeness (QED) is 0.428. The molecular formula is C23H27NO5. The fourth-order valence-corrected chi connectivity index (χ4v) is 2.86. The van der Waals surface area contributed by atoms with Crippen molar-refractivity contribution in [2.24, 2.45) is 5.92 Å². The Hall–Kier alpha value is -3.15. The van der Waals surface area contributed by atoms with Crippen LogP contribution in [0.4, 0.5) is 4.79 Å². The predicted molar refractivity (Wildman–Crippen MR) is 109 cm³/mol. The highest BCUT2D eigenvalue weighted by Gasteiger charge is 2.39. The lowest BCUT2D eigenvalue weighted by Gasteiger charge is -2.28. The summed E-state index contributed by atoms with van der Waals surface area (Å²) in [6, 6.07) is 16.4. The number of carbonyl (C=O) groups is 3. The molecule has 0 radical (unpaired) electrons. The van der Waals surface area contributed by atoms with Crippen LogP contribution in [0.2, 0.25) is 0 Å². The zero-order chi connectivity index (χ0) is 21.4. The van der Waals surface area contributed by atoms with Gasteiger partial charge >= 0.3 is 12.1 Å². The first-order chi connectivity index (χ1) is 13.7. The average Bonchev–Trinajstić information content (AvgIpc) is 2.67. The lowest BCUT2D eigenvalue weighted by atomic mass is 9.86. The molecule has 0 spiro atoms. The van der Waals surface area contributed by atoms with Gasteiger partial charge in [0, 0.05) is 5.56 Å². The van der Waals surface area contributed by atoms with Crippen molar-refractivity contribution in [1.29, 1.82) is 0 Å². The predicted octanol–water partition coefficient (Wildman–Crippen LogP) is 4.31. The van der Waals surface area contributed by atoms with Crippen molar-refractivity contribution in [2.75, 3.05) is 6.61 Å². The third kappa shape index (κ3) is 6.45. The van der Waals surface area contributed by atoms with E-state index in [1.165, 1.54) is 0 Å². The number of nitrogens with one attached hydrogen (secondary N) is 1. The topological polar surface area (TPSA) is 81.7 Å². The van der Waals surface area contributed by atoms with Crippen molar-refractivity contribution in [1.82, 2.24) is 5.32 Å². The molecule has 0 aliphatic carbocycles. The molecule has 154 valence electrons. The number of amides is 1. The molecule has 1 unspecified atom stereocenters. The summed E-state index contributed by atoms with van der Waals surface area (Å²) in [5.41, 5.74) is 0.229. The van der Waals surface area contributed by atoms with Gasteiger partial charge in [-0.05, 0) is 33.3 Å². The zero-order valence-electron chi connectivity index (χ0n) is 17.2. The number of ether oxygens (including phenoxy) is 2. The van der Waals surface area contributed by atoms with Crippen LogP contribution in [-0.2, 0) is 14.3 Å². The summed E-state index contributed by atoms with van der Waals surface area (Å²) in [5.74, 6) is -2.40. The monoisotopic (exact) mass is 397 g/mol. The van der Waals surface area contributed by atoms with E-state index >= 15 is 0 Å². The van der Waals surface area contributed by atoms with Crippen molar-refractivity contribution in [3.63, 3.8) is 0 Å². The van der Waals surface area contributed by atoms with Crippen LogP contribution < -0.4 is 5.32 Å². The molecule has 0 aliphatic rings. The van der Waals surface area contributed by atoms with Crippen LogP contribution in [0.1, 0.15) is 49.7 Å². The lowest BCUT2D eigenvalue weighted by molar-refractivity contribution is -0.147. The van der Waals surface area contributed by atoms with Crippen LogP contribution in [0.5, 0.6) is 0 Å². The third-order valence-electron chi connectivity index (χ3n) is 4.05. The molecule has 0 saturated carbocycles. The molecule has 0 aliphatic heterocycles. The highest BCUT2D eigenvalue weighted by molar-refractivity contribution is 6.09. The molecule has 6 heteroatoms. The van der Waals surface area contributed by atoms with Gasteiger partial charge in [-0.15, -0.1) is 0 Å². The molecule has 0 aromatic heterocycles. The Kier molecular flexibility index (Phi) is 7.53. The summed E-state index contributed by atoms with van der Waals surface area (Å²) in [6.45, 7) is 7.00. The summed E-state index contributed by atoms with van der Waals surface area (Å²) in [7, 11) is 0. The first-order valence-corrected chi connectivity index (χ1v) is 9.53. The Balaban J connectivity index is 2.47. The molecule has 29 heavy (non-hydrogen) atoms. The molecule has 2 atom stereocenters. The largest absolute Gasteiger partial charge is 0.465 e. The SMILES string of the molecule is CCOC(=O)C(C(=O)c1ccccc1)[C@H](NC(=O)OC(C)(C)C)c1ccccc1. The van der Waals surface area contributed by atoms with E-state index in [1.807, 2.05) is 6.07 Å². The van der Waals surface area contributed by atoms with Crippen LogP contribution >= 0.6 is 0 Å². The Labute approximate surface area is 171 Å². The second-order valence-electron chi connectivity index (χ2n) is 7.49. The summed E-state index contributed by atoms with van der Waals surface area (Å²) in [5, 5.41) is 2.70. The first-order valence-electron chi connectivity index (χ1n) is 9.53. The Morgan fingerprint density at radius 2 is 1.48 bits per heavy atom. The molecule has 0 fully saturated rings. The van der Waals surface area contributed by atoms with Crippen LogP contribution in [-0.4, -0.2) is 30.1 Å². The molecule has 2 rings (SSSR count). The molecular weight excluding hydrogens is 370 g/mol. The van der Waals surface area contributed by atoms with Crippen LogP contribution in [0.3, 0.4) is 0 Å². The van der Waals surface area contributed by atoms with Crippen molar-refractivity contribution < 1.29 is 23.9 Å². The van der Waals surface area contributed by atoms with Gasteiger partial charge < -0.3 is 14.8 Å². The molecule has 0 bridgehead atoms. The van der Waals surface area contributed by atoms with Crippen molar-refractivity contribution in [2.45, 2.75) is 39.3 Å². The molecule has 6 nitrogen and oxygen atoms in total. The zero-order valence-corrected chi connectivity index (χ0v) is 17.2. The van der Waals surface area contributed by atoms with Gasteiger partial charge in [0.1, 0.15) is 11.5 Å². The lowest BCUT2D eigenvalue weighted by Crippen LogP contribution is -2.43. The number of Topliss-reactive ketones (excluding diaryl/α,β-unsaturated/α-hetero) is 1. The van der Waals surface area contributed by atoms with Gasteiger partial charge in [-0.2, -0.15) is 0 Å². The summed E-state index contributed by atoms with van der Waals surface area (Å²) >= 11 is 0. The molecule has 0 heterocycles. The van der Waals surface area contributed by atoms with Gasteiger partial charge in [-0.3, -0.25) is 9.59 Å². The normalized spacial score (nSPS) is 13.1. The van der Waals surface area contributed by atoms with E-state index in [2.05, 4.69) is 5.32 Å². The summed E-state index contributed by atoms with van der Waals surface area (Å²) in [4.78, 5) is 38.5. The summed E-state index contributed by atoms with van der Waals surface area (Å²) < 4.78 is 10.5. The van der Waals surface area contributed by atoms with Crippen LogP contribution in [0.15, 0.2) is 60.7 Å². The first kappa shape index (κ1) is 22.1. The fraction of sp³-hybridized carbons (Fsp3) is 0.348. The van der Waals surface area contributed by atoms with Crippen molar-refractivity contribution in [3.8, 4) is 0 Å². The maximum Gasteiger partial charge on any atom is 0.408 e. The van der Waals surface area contributed by atoms with Gasteiger partial charge in [-0.25, -0.2) is 4.79 Å². The van der Waals surface area contributed by atoms with E-state index in [4.69, 9.17) is 9.47 Å². The number of hydrogen-bond donors (Lipinski definition) is 1. The second kappa shape index (κ2) is 9.87. The minimum atomic E-state index is -1.26. The number of rotatable bonds is 7. The fourth-order valence-electron chi connectivity index (χ4n) is 2.86. The smallest absolute Gasteiger partial charge is 0.408 e. The number of carbonyl (C=O) groups excluding carboxylic acids is 3. The number of benzene rings is 2. The maximum atomic E-state index is 13.2. The van der Waals surface area contributed by atoms with Gasteiger partial charge in [0.25, 0.3) is 0 Å². The second-order valence-corrected chi connectivity index (χ2v) is 7.49. The molecule has 0 saturated heterocycles. The summed E-state index contributed by atoms with van der Waals surface area (Å²) in [6.07, 6.45) is -0.721. The third-order valence-corrected chi connectivity index (χ3v) is 4.05. The average molecular weight is 397 g/mol. The van der Waals surface area contributed by atoms with E-state index in [1.54, 1.807) is 82.3 Å². The molecule has 1 amide bonds. The van der Waals surface area contributed by atoms with E-state index in [-0.39, 0.29) is 6.61 Å². The van der Waals surface area contributed by atoms with Gasteiger partial charge in [-0.1, -0.05) is 60.7 Å². The molecule has 2 aromatic rings. The number of hydrogen-bond acceptors (Lipinski definition) is 5. The minimum absolute atomic E-state index is 0.116. The van der Waals surface area contributed by atoms with E-state index in [0.29, 0.717) is 11.1 Å². The number of ketones is 1. The Morgan fingerprint density at radius 1 is 0.931 bits per heavy atom. The van der Waals surface area contributed by atoms with Crippen molar-refractivity contribution in [3.05, 3.63) is 71.8 Å². The highest BCUT2D eigenvalue weighted by atomic mass is 16.6. The van der Waals surface area contributed by atoms with E-state index < -0.39 is 35.4 Å². The van der Waals surface area contributed by atoms with Crippen molar-refractivity contribution >= 4 is 17.8 Å². The van der Waals surface area contributed by atoms with Crippen LogP contribution in [0.25, 0.3) is 0 Å². The Bertz CT molecular complexity index is 827. The number of esters is 1. The van der Waals surface area contributed by atoms with E-state index in [0.717, 1.165) is 0 Å². The standard InChI is InChI=1S/C23H27NO5/c1-5-28-21(26)18(20(25)17-14-10-7-11-15-17)19(16-12-8-6-9-13-16)24-22(27)29-23(2,3)4/h6-15,18-19H,5H2,1-4H3,(H,24,27)/t18?,19-/m1/s1. The highest BCUT2D eigenvalue weighted by Crippen LogP contribution is 2.28. The minimum Gasteiger partial charge on any atom is -0.465 e. The van der Waals surface area contributed by atoms with Gasteiger partial charge in [0.15, 0.2) is 5.78 Å². The van der Waals surface area contributed by atoms with Gasteiger partial charge in [0.2, 0.25) is 0 Å². The molecule has 1 N–H and O–H groups in total. The van der Waals surface area contributed by atoms with Gasteiger partial charge in [0.05, 0.1) is 12.6 Å². The Morgan fingerprint density at radius 3 is 2.00 bits per heavy atom. The van der Waals surface area contributed by atoms with Crippen LogP contribution in [0, 0.1) is 5.92 Å². The maximum absolute atomic E-state index is 13.2. The number of alkyl carbamates (subject to hydrolysis) is 1. The van der Waals surface area contributed by atoms with E-state index in [9.17, 15) is 14.4 Å². The molecule has 2 aromatic carbocycles.